The number of H-pyrrole nitrogens is 1. The minimum atomic E-state index is -0.129. The molecule has 0 aliphatic heterocycles. The highest BCUT2D eigenvalue weighted by Gasteiger charge is 2.06. The van der Waals surface area contributed by atoms with E-state index in [1.54, 1.807) is 24.0 Å². The molecule has 0 saturated heterocycles. The van der Waals surface area contributed by atoms with E-state index in [0.29, 0.717) is 17.3 Å². The van der Waals surface area contributed by atoms with Gasteiger partial charge in [-0.15, -0.1) is 11.8 Å². The molecule has 0 atom stereocenters. The summed E-state index contributed by atoms with van der Waals surface area (Å²) < 4.78 is 0. The average molecular weight is 281 g/mol. The van der Waals surface area contributed by atoms with Crippen molar-refractivity contribution in [2.75, 3.05) is 12.3 Å². The lowest BCUT2D eigenvalue weighted by molar-refractivity contribution is 0.0952. The molecule has 2 N–H and O–H groups in total. The molecular weight excluding hydrogens is 268 g/mol. The van der Waals surface area contributed by atoms with Gasteiger partial charge in [-0.3, -0.25) is 4.79 Å². The van der Waals surface area contributed by atoms with Gasteiger partial charge < -0.3 is 10.3 Å². The molecule has 0 bridgehead atoms. The Labute approximate surface area is 115 Å². The lowest BCUT2D eigenvalue weighted by atomic mass is 10.4. The first-order valence-corrected chi connectivity index (χ1v) is 6.92. The second-order valence-corrected chi connectivity index (χ2v) is 5.25. The maximum atomic E-state index is 11.7. The zero-order chi connectivity index (χ0) is 12.8. The summed E-state index contributed by atoms with van der Waals surface area (Å²) in [5.41, 5.74) is 0.490. The molecule has 0 unspecified atom stereocenters. The van der Waals surface area contributed by atoms with Crippen LogP contribution >= 0.6 is 23.4 Å². The summed E-state index contributed by atoms with van der Waals surface area (Å²) in [6.45, 7) is 0.620. The molecule has 0 aliphatic rings. The molecule has 3 nitrogen and oxygen atoms in total. The largest absolute Gasteiger partial charge is 0.356 e. The summed E-state index contributed by atoms with van der Waals surface area (Å²) in [6, 6.07) is 11.7. The van der Waals surface area contributed by atoms with Gasteiger partial charge in [0.25, 0.3) is 5.91 Å². The molecule has 1 aromatic heterocycles. The first-order valence-electron chi connectivity index (χ1n) is 5.55. The number of rotatable bonds is 5. The molecule has 18 heavy (non-hydrogen) atoms. The van der Waals surface area contributed by atoms with Crippen LogP contribution in [0.15, 0.2) is 47.5 Å². The highest BCUT2D eigenvalue weighted by atomic mass is 35.5. The Morgan fingerprint density at radius 3 is 2.78 bits per heavy atom. The van der Waals surface area contributed by atoms with Crippen LogP contribution in [0, 0.1) is 0 Å². The first kappa shape index (κ1) is 13.1. The second-order valence-electron chi connectivity index (χ2n) is 3.65. The normalized spacial score (nSPS) is 10.3. The number of carbonyl (C=O) groups is 1. The van der Waals surface area contributed by atoms with Crippen LogP contribution in [-0.2, 0) is 0 Å². The Balaban J connectivity index is 1.71. The van der Waals surface area contributed by atoms with Crippen molar-refractivity contribution in [3.8, 4) is 0 Å². The van der Waals surface area contributed by atoms with E-state index in [0.717, 1.165) is 5.75 Å². The third kappa shape index (κ3) is 3.82. The lowest BCUT2D eigenvalue weighted by Gasteiger charge is -2.03. The molecule has 0 radical (unpaired) electrons. The van der Waals surface area contributed by atoms with Crippen molar-refractivity contribution in [3.05, 3.63) is 53.3 Å². The van der Waals surface area contributed by atoms with Gasteiger partial charge in [-0.25, -0.2) is 0 Å². The van der Waals surface area contributed by atoms with Crippen LogP contribution in [0.25, 0.3) is 0 Å². The fraction of sp³-hybridized carbons (Fsp3) is 0.154. The summed E-state index contributed by atoms with van der Waals surface area (Å²) in [4.78, 5) is 15.7. The molecule has 94 valence electrons. The van der Waals surface area contributed by atoms with Crippen molar-refractivity contribution in [1.29, 1.82) is 0 Å². The Hall–Kier alpha value is -1.39. The fourth-order valence-electron chi connectivity index (χ4n) is 1.44. The number of thioether (sulfide) groups is 1. The quantitative estimate of drug-likeness (QED) is 0.653. The predicted molar refractivity (Wildman–Crippen MR) is 75.3 cm³/mol. The first-order chi connectivity index (χ1) is 8.75. The van der Waals surface area contributed by atoms with Gasteiger partial charge >= 0.3 is 0 Å². The van der Waals surface area contributed by atoms with Gasteiger partial charge in [-0.05, 0) is 18.2 Å². The summed E-state index contributed by atoms with van der Waals surface area (Å²) >= 11 is 7.44. The average Bonchev–Trinajstić information content (AvgIpc) is 2.82. The molecule has 0 aliphatic carbocycles. The van der Waals surface area contributed by atoms with Crippen LogP contribution in [0.1, 0.15) is 10.5 Å². The topological polar surface area (TPSA) is 44.9 Å². The molecule has 2 aromatic rings. The van der Waals surface area contributed by atoms with E-state index >= 15 is 0 Å². The molecule has 1 heterocycles. The molecule has 1 amide bonds. The number of carbonyl (C=O) groups excluding carboxylic acids is 1. The molecule has 0 fully saturated rings. The van der Waals surface area contributed by atoms with Crippen molar-refractivity contribution in [2.45, 2.75) is 4.90 Å². The van der Waals surface area contributed by atoms with Crippen LogP contribution < -0.4 is 5.32 Å². The second kappa shape index (κ2) is 6.52. The predicted octanol–water partition coefficient (Wildman–Crippen LogP) is 3.19. The SMILES string of the molecule is O=C(NCCSc1ccccc1)c1cc(Cl)c[nH]1. The van der Waals surface area contributed by atoms with Gasteiger partial charge in [0.05, 0.1) is 5.02 Å². The molecule has 2 rings (SSSR count). The van der Waals surface area contributed by atoms with E-state index in [1.165, 1.54) is 4.90 Å². The number of benzene rings is 1. The highest BCUT2D eigenvalue weighted by Crippen LogP contribution is 2.15. The summed E-state index contributed by atoms with van der Waals surface area (Å²) in [5.74, 6) is 0.708. The van der Waals surface area contributed by atoms with E-state index in [9.17, 15) is 4.79 Å². The van der Waals surface area contributed by atoms with E-state index in [4.69, 9.17) is 11.6 Å². The Morgan fingerprint density at radius 1 is 1.33 bits per heavy atom. The Morgan fingerprint density at radius 2 is 2.11 bits per heavy atom. The number of aromatic nitrogens is 1. The van der Waals surface area contributed by atoms with Gasteiger partial charge in [0, 0.05) is 23.4 Å². The third-order valence-corrected chi connectivity index (χ3v) is 3.52. The monoisotopic (exact) mass is 280 g/mol. The van der Waals surface area contributed by atoms with Gasteiger partial charge in [0.15, 0.2) is 0 Å². The van der Waals surface area contributed by atoms with Crippen molar-refractivity contribution >= 4 is 29.3 Å². The number of halogens is 1. The zero-order valence-corrected chi connectivity index (χ0v) is 11.2. The van der Waals surface area contributed by atoms with Crippen LogP contribution in [0.2, 0.25) is 5.02 Å². The molecule has 5 heteroatoms. The number of amides is 1. The maximum absolute atomic E-state index is 11.7. The summed E-state index contributed by atoms with van der Waals surface area (Å²) in [6.07, 6.45) is 1.59. The summed E-state index contributed by atoms with van der Waals surface area (Å²) in [7, 11) is 0. The molecular formula is C13H13ClN2OS. The van der Waals surface area contributed by atoms with Crippen molar-refractivity contribution in [3.63, 3.8) is 0 Å². The van der Waals surface area contributed by atoms with Gasteiger partial charge in [0.2, 0.25) is 0 Å². The number of aromatic amines is 1. The number of hydrogen-bond donors (Lipinski definition) is 2. The van der Waals surface area contributed by atoms with E-state index < -0.39 is 0 Å². The number of nitrogens with one attached hydrogen (secondary N) is 2. The molecule has 0 saturated carbocycles. The van der Waals surface area contributed by atoms with Crippen LogP contribution in [0.3, 0.4) is 0 Å². The Bertz CT molecular complexity index is 513. The van der Waals surface area contributed by atoms with E-state index in [1.807, 2.05) is 18.2 Å². The van der Waals surface area contributed by atoms with Gasteiger partial charge in [-0.1, -0.05) is 29.8 Å². The summed E-state index contributed by atoms with van der Waals surface area (Å²) in [5, 5.41) is 3.37. The minimum Gasteiger partial charge on any atom is -0.356 e. The van der Waals surface area contributed by atoms with Crippen molar-refractivity contribution in [2.24, 2.45) is 0 Å². The standard InChI is InChI=1S/C13H13ClN2OS/c14-10-8-12(16-9-10)13(17)15-6-7-18-11-4-2-1-3-5-11/h1-5,8-9,16H,6-7H2,(H,15,17). The van der Waals surface area contributed by atoms with Crippen LogP contribution in [0.5, 0.6) is 0 Å². The molecule has 0 spiro atoms. The van der Waals surface area contributed by atoms with Crippen LogP contribution in [-0.4, -0.2) is 23.2 Å². The zero-order valence-electron chi connectivity index (χ0n) is 9.65. The van der Waals surface area contributed by atoms with Gasteiger partial charge in [0.1, 0.15) is 5.69 Å². The van der Waals surface area contributed by atoms with E-state index in [-0.39, 0.29) is 5.91 Å². The highest BCUT2D eigenvalue weighted by molar-refractivity contribution is 7.99. The molecule has 1 aromatic carbocycles. The fourth-order valence-corrected chi connectivity index (χ4v) is 2.40. The van der Waals surface area contributed by atoms with Crippen molar-refractivity contribution < 1.29 is 4.79 Å². The minimum absolute atomic E-state index is 0.129. The van der Waals surface area contributed by atoms with Crippen LogP contribution in [0.4, 0.5) is 0 Å². The lowest BCUT2D eigenvalue weighted by Crippen LogP contribution is -2.25. The van der Waals surface area contributed by atoms with E-state index in [2.05, 4.69) is 22.4 Å². The third-order valence-electron chi connectivity index (χ3n) is 2.29. The van der Waals surface area contributed by atoms with Crippen molar-refractivity contribution in [1.82, 2.24) is 10.3 Å². The van der Waals surface area contributed by atoms with Gasteiger partial charge in [-0.2, -0.15) is 0 Å². The number of hydrogen-bond acceptors (Lipinski definition) is 2. The maximum Gasteiger partial charge on any atom is 0.267 e. The Kier molecular flexibility index (Phi) is 4.73. The smallest absolute Gasteiger partial charge is 0.267 e.